The number of rotatable bonds is 5. The van der Waals surface area contributed by atoms with Crippen LogP contribution >= 0.6 is 57.7 Å². The fourth-order valence-corrected chi connectivity index (χ4v) is 4.95. The van der Waals surface area contributed by atoms with Crippen molar-refractivity contribution in [2.24, 2.45) is 15.3 Å². The maximum absolute atomic E-state index is 13.0. The van der Waals surface area contributed by atoms with E-state index in [0.29, 0.717) is 30.9 Å². The Morgan fingerprint density at radius 2 is 1.46 bits per heavy atom. The second kappa shape index (κ2) is 11.0. The molecule has 2 heterocycles. The fraction of sp³-hybridized carbons (Fsp3) is 0. The molecule has 0 saturated carbocycles. The van der Waals surface area contributed by atoms with E-state index in [-0.39, 0.29) is 16.2 Å². The maximum Gasteiger partial charge on any atom is 0.345 e. The molecule has 0 aliphatic carbocycles. The molecule has 0 N–H and O–H groups in total. The van der Waals surface area contributed by atoms with Gasteiger partial charge in [-0.3, -0.25) is 0 Å². The first-order chi connectivity index (χ1) is 17.9. The van der Waals surface area contributed by atoms with E-state index >= 15 is 0 Å². The van der Waals surface area contributed by atoms with Crippen LogP contribution in [-0.4, -0.2) is 17.1 Å². The molecule has 2 aromatic heterocycles. The fourth-order valence-electron chi connectivity index (χ4n) is 3.37. The summed E-state index contributed by atoms with van der Waals surface area (Å²) in [4.78, 5) is 13.4. The van der Waals surface area contributed by atoms with Crippen molar-refractivity contribution < 1.29 is 4.42 Å². The van der Waals surface area contributed by atoms with Gasteiger partial charge in [0.2, 0.25) is 4.80 Å². The molecule has 3 aromatic carbocycles. The first-order valence-corrected chi connectivity index (χ1v) is 13.0. The Kier molecular flexibility index (Phi) is 7.60. The number of hydrogen-bond donors (Lipinski definition) is 0. The molecule has 0 saturated heterocycles. The molecule has 0 unspecified atom stereocenters. The summed E-state index contributed by atoms with van der Waals surface area (Å²) >= 11 is 25.6. The van der Waals surface area contributed by atoms with Gasteiger partial charge in [-0.1, -0.05) is 70.7 Å². The molecule has 5 rings (SSSR count). The van der Waals surface area contributed by atoms with Gasteiger partial charge in [0, 0.05) is 25.8 Å². The molecule has 0 radical (unpaired) electrons. The van der Waals surface area contributed by atoms with E-state index < -0.39 is 5.63 Å². The van der Waals surface area contributed by atoms with Gasteiger partial charge in [0.1, 0.15) is 0 Å². The third kappa shape index (κ3) is 5.87. The van der Waals surface area contributed by atoms with E-state index in [2.05, 4.69) is 15.3 Å². The summed E-state index contributed by atoms with van der Waals surface area (Å²) in [6, 6.07) is 19.2. The molecule has 0 atom stereocenters. The van der Waals surface area contributed by atoms with E-state index in [1.807, 2.05) is 24.3 Å². The molecule has 0 aliphatic heterocycles. The Balaban J connectivity index is 1.63. The Morgan fingerprint density at radius 3 is 2.14 bits per heavy atom. The Labute approximate surface area is 234 Å². The molecule has 0 spiro atoms. The minimum Gasteiger partial charge on any atom is -0.421 e. The number of halogens is 4. The predicted molar refractivity (Wildman–Crippen MR) is 153 cm³/mol. The zero-order valence-electron chi connectivity index (χ0n) is 18.6. The summed E-state index contributed by atoms with van der Waals surface area (Å²) in [5.41, 5.74) is 2.02. The number of benzene rings is 3. The molecule has 0 bridgehead atoms. The van der Waals surface area contributed by atoms with Crippen LogP contribution in [0.4, 0.5) is 0 Å². The van der Waals surface area contributed by atoms with Crippen LogP contribution in [0.3, 0.4) is 0 Å². The van der Waals surface area contributed by atoms with Gasteiger partial charge in [-0.25, -0.2) is 9.47 Å². The Hall–Kier alpha value is -3.20. The summed E-state index contributed by atoms with van der Waals surface area (Å²) in [7, 11) is 0. The summed E-state index contributed by atoms with van der Waals surface area (Å²) in [5, 5.41) is 17.3. The van der Waals surface area contributed by atoms with E-state index in [9.17, 15) is 4.79 Å². The maximum atomic E-state index is 13.0. The smallest absolute Gasteiger partial charge is 0.345 e. The number of nitrogens with zero attached hydrogens (tertiary/aromatic N) is 4. The molecular formula is C26H14Cl4N4O2S. The quantitative estimate of drug-likeness (QED) is 0.120. The first kappa shape index (κ1) is 25.4. The van der Waals surface area contributed by atoms with Crippen molar-refractivity contribution in [1.29, 1.82) is 0 Å². The van der Waals surface area contributed by atoms with Crippen LogP contribution in [-0.2, 0) is 0 Å². The van der Waals surface area contributed by atoms with Crippen LogP contribution in [0.2, 0.25) is 20.1 Å². The molecule has 0 fully saturated rings. The number of hydrogen-bond acceptors (Lipinski definition) is 6. The minimum atomic E-state index is -0.582. The lowest BCUT2D eigenvalue weighted by molar-refractivity contribution is 0.562. The molecule has 11 heteroatoms. The molecule has 0 amide bonds. The lowest BCUT2D eigenvalue weighted by atomic mass is 10.1. The van der Waals surface area contributed by atoms with Crippen LogP contribution in [0, 0.1) is 0 Å². The first-order valence-electron chi connectivity index (χ1n) is 10.6. The highest BCUT2D eigenvalue weighted by Gasteiger charge is 2.16. The van der Waals surface area contributed by atoms with Gasteiger partial charge < -0.3 is 4.42 Å². The average Bonchev–Trinajstić information content (AvgIpc) is 3.27. The molecule has 37 heavy (non-hydrogen) atoms. The van der Waals surface area contributed by atoms with Crippen molar-refractivity contribution in [3.8, 4) is 11.3 Å². The van der Waals surface area contributed by atoms with Crippen molar-refractivity contribution >= 4 is 81.1 Å². The van der Waals surface area contributed by atoms with Crippen molar-refractivity contribution in [3.63, 3.8) is 0 Å². The monoisotopic (exact) mass is 586 g/mol. The zero-order valence-corrected chi connectivity index (χ0v) is 22.4. The highest BCUT2D eigenvalue weighted by molar-refractivity contribution is 7.07. The van der Waals surface area contributed by atoms with Crippen LogP contribution in [0.5, 0.6) is 0 Å². The van der Waals surface area contributed by atoms with Gasteiger partial charge >= 0.3 is 5.63 Å². The van der Waals surface area contributed by atoms with E-state index in [1.54, 1.807) is 54.2 Å². The van der Waals surface area contributed by atoms with Crippen molar-refractivity contribution in [2.45, 2.75) is 0 Å². The molecule has 184 valence electrons. The van der Waals surface area contributed by atoms with Crippen LogP contribution in [0.1, 0.15) is 11.1 Å². The third-order valence-corrected chi connectivity index (χ3v) is 6.93. The average molecular weight is 588 g/mol. The SMILES string of the molecule is O=c1oc2c(Cl)cc(Cl)cc2cc1-c1cs/c(=N/N=C\c2ccc(Cl)cc2)n1/N=C/c1ccc(Cl)cc1. The van der Waals surface area contributed by atoms with Gasteiger partial charge in [0.05, 0.1) is 28.7 Å². The number of thiazole rings is 1. The van der Waals surface area contributed by atoms with Gasteiger partial charge in [-0.2, -0.15) is 10.2 Å². The van der Waals surface area contributed by atoms with E-state index in [4.69, 9.17) is 50.8 Å². The minimum absolute atomic E-state index is 0.248. The summed E-state index contributed by atoms with van der Waals surface area (Å²) in [6.45, 7) is 0. The Bertz CT molecular complexity index is 1790. The number of fused-ring (bicyclic) bond motifs is 1. The van der Waals surface area contributed by atoms with Gasteiger partial charge in [0.25, 0.3) is 0 Å². The summed E-state index contributed by atoms with van der Waals surface area (Å²) in [5.74, 6) is 0. The Morgan fingerprint density at radius 1 is 0.811 bits per heavy atom. The number of aromatic nitrogens is 1. The van der Waals surface area contributed by atoms with Crippen LogP contribution < -0.4 is 10.4 Å². The lowest BCUT2D eigenvalue weighted by Crippen LogP contribution is -2.14. The molecular weight excluding hydrogens is 574 g/mol. The van der Waals surface area contributed by atoms with Crippen LogP contribution in [0.25, 0.3) is 22.2 Å². The van der Waals surface area contributed by atoms with Gasteiger partial charge in [-0.05, 0) is 53.6 Å². The summed E-state index contributed by atoms with van der Waals surface area (Å²) in [6.07, 6.45) is 3.22. The second-order valence-electron chi connectivity index (χ2n) is 7.66. The molecule has 6 nitrogen and oxygen atoms in total. The van der Waals surface area contributed by atoms with E-state index in [1.165, 1.54) is 22.1 Å². The van der Waals surface area contributed by atoms with E-state index in [0.717, 1.165) is 11.1 Å². The highest BCUT2D eigenvalue weighted by Crippen LogP contribution is 2.29. The highest BCUT2D eigenvalue weighted by atomic mass is 35.5. The largest absolute Gasteiger partial charge is 0.421 e. The van der Waals surface area contributed by atoms with Gasteiger partial charge in [-0.15, -0.1) is 16.4 Å². The lowest BCUT2D eigenvalue weighted by Gasteiger charge is -2.05. The second-order valence-corrected chi connectivity index (χ2v) is 10.2. The van der Waals surface area contributed by atoms with Crippen molar-refractivity contribution in [1.82, 2.24) is 4.68 Å². The van der Waals surface area contributed by atoms with Crippen molar-refractivity contribution in [2.75, 3.05) is 0 Å². The standard InChI is InChI=1S/C26H14Cl4N4O2S/c27-18-5-1-15(2-6-18)12-31-33-26-34(32-13-16-3-7-19(28)8-4-16)23(14-37-26)21-10-17-9-20(29)11-22(30)24(17)36-25(21)35/h1-14H/b31-12-,32-13+,33-26+. The predicted octanol–water partition coefficient (Wildman–Crippen LogP) is 7.75. The summed E-state index contributed by atoms with van der Waals surface area (Å²) < 4.78 is 7.05. The third-order valence-electron chi connectivity index (χ3n) is 5.13. The van der Waals surface area contributed by atoms with Gasteiger partial charge in [0.15, 0.2) is 5.58 Å². The zero-order chi connectivity index (χ0) is 25.9. The van der Waals surface area contributed by atoms with Crippen molar-refractivity contribution in [3.05, 3.63) is 119 Å². The van der Waals surface area contributed by atoms with Crippen LogP contribution in [0.15, 0.2) is 96.6 Å². The molecule has 5 aromatic rings. The topological polar surface area (TPSA) is 72.2 Å². The normalized spacial score (nSPS) is 12.4. The molecule has 0 aliphatic rings.